The van der Waals surface area contributed by atoms with Gasteiger partial charge in [0.2, 0.25) is 0 Å². The first kappa shape index (κ1) is 18.5. The molecule has 0 radical (unpaired) electrons. The zero-order valence-corrected chi connectivity index (χ0v) is 15.1. The topological polar surface area (TPSA) is 58.4 Å². The van der Waals surface area contributed by atoms with Gasteiger partial charge in [0, 0.05) is 38.4 Å². The normalized spacial score (nSPS) is 16.8. The molecule has 2 amide bonds. The maximum absolute atomic E-state index is 13.9. The average molecular weight is 392 g/mol. The van der Waals surface area contributed by atoms with Crippen LogP contribution in [-0.2, 0) is 13.0 Å². The second-order valence-corrected chi connectivity index (χ2v) is 7.01. The number of halogens is 3. The highest BCUT2D eigenvalue weighted by atomic mass is 19.2. The maximum Gasteiger partial charge on any atom is 0.274 e. The van der Waals surface area contributed by atoms with Crippen molar-refractivity contribution < 1.29 is 22.8 Å². The minimum Gasteiger partial charge on any atom is -0.335 e. The molecule has 1 aromatic heterocycles. The molecule has 28 heavy (non-hydrogen) atoms. The number of hydrogen-bond acceptors (Lipinski definition) is 3. The van der Waals surface area contributed by atoms with Crippen LogP contribution >= 0.6 is 0 Å². The molecule has 148 valence electrons. The summed E-state index contributed by atoms with van der Waals surface area (Å²) >= 11 is 0. The molecule has 0 saturated carbocycles. The second-order valence-electron chi connectivity index (χ2n) is 7.01. The van der Waals surface area contributed by atoms with Crippen LogP contribution in [-0.4, -0.2) is 57.6 Å². The van der Waals surface area contributed by atoms with Gasteiger partial charge in [-0.15, -0.1) is 0 Å². The summed E-state index contributed by atoms with van der Waals surface area (Å²) in [5.74, 6) is -5.42. The monoisotopic (exact) mass is 392 g/mol. The van der Waals surface area contributed by atoms with Crippen molar-refractivity contribution in [2.45, 2.75) is 25.8 Å². The van der Waals surface area contributed by atoms with Crippen LogP contribution in [0, 0.1) is 17.5 Å². The van der Waals surface area contributed by atoms with Crippen LogP contribution in [0.4, 0.5) is 13.2 Å². The number of carbonyl (C=O) groups excluding carboxylic acids is 2. The lowest BCUT2D eigenvalue weighted by molar-refractivity contribution is 0.0528. The Labute approximate surface area is 159 Å². The predicted octanol–water partition coefficient (Wildman–Crippen LogP) is 2.23. The van der Waals surface area contributed by atoms with Gasteiger partial charge < -0.3 is 9.80 Å². The Bertz CT molecular complexity index is 912. The van der Waals surface area contributed by atoms with Crippen molar-refractivity contribution in [1.82, 2.24) is 19.6 Å². The van der Waals surface area contributed by atoms with Crippen molar-refractivity contribution in [1.29, 1.82) is 0 Å². The van der Waals surface area contributed by atoms with Crippen LogP contribution in [0.3, 0.4) is 0 Å². The minimum absolute atomic E-state index is 0.177. The first-order valence-corrected chi connectivity index (χ1v) is 9.24. The molecule has 0 N–H and O–H groups in total. The Kier molecular flexibility index (Phi) is 4.82. The summed E-state index contributed by atoms with van der Waals surface area (Å²) in [6, 6.07) is 3.48. The summed E-state index contributed by atoms with van der Waals surface area (Å²) < 4.78 is 42.2. The third-order valence-electron chi connectivity index (χ3n) is 5.25. The molecule has 9 heteroatoms. The molecular formula is C19H19F3N4O2. The molecule has 2 aromatic rings. The highest BCUT2D eigenvalue weighted by Crippen LogP contribution is 2.19. The summed E-state index contributed by atoms with van der Waals surface area (Å²) in [5.41, 5.74) is 0.931. The highest BCUT2D eigenvalue weighted by Gasteiger charge is 2.29. The van der Waals surface area contributed by atoms with Crippen LogP contribution in [0.15, 0.2) is 18.2 Å². The number of hydrogen-bond donors (Lipinski definition) is 0. The molecule has 0 atom stereocenters. The minimum atomic E-state index is -1.66. The fourth-order valence-corrected chi connectivity index (χ4v) is 3.66. The van der Waals surface area contributed by atoms with E-state index in [-0.39, 0.29) is 32.1 Å². The molecule has 6 nitrogen and oxygen atoms in total. The number of nitrogens with zero attached hydrogens (tertiary/aromatic N) is 4. The largest absolute Gasteiger partial charge is 0.335 e. The number of piperazine rings is 1. The third-order valence-corrected chi connectivity index (χ3v) is 5.25. The standard InChI is InChI=1S/C19H19F3N4O2/c20-14-5-4-13(16(21)17(14)22)18(27)24-7-9-25(10-8-24)19(28)15-11-12-3-1-2-6-26(12)23-15/h4-5,11H,1-3,6-10H2. The molecule has 0 aliphatic carbocycles. The number of fused-ring (bicyclic) bond motifs is 1. The van der Waals surface area contributed by atoms with Crippen LogP contribution in [0.25, 0.3) is 0 Å². The second kappa shape index (κ2) is 7.29. The Morgan fingerprint density at radius 2 is 1.54 bits per heavy atom. The Morgan fingerprint density at radius 3 is 2.21 bits per heavy atom. The summed E-state index contributed by atoms with van der Waals surface area (Å²) in [6.45, 7) is 1.69. The molecule has 0 unspecified atom stereocenters. The van der Waals surface area contributed by atoms with E-state index in [1.54, 1.807) is 4.90 Å². The van der Waals surface area contributed by atoms with Gasteiger partial charge in [0.15, 0.2) is 23.1 Å². The van der Waals surface area contributed by atoms with Gasteiger partial charge in [-0.05, 0) is 37.5 Å². The van der Waals surface area contributed by atoms with Crippen molar-refractivity contribution in [2.24, 2.45) is 0 Å². The van der Waals surface area contributed by atoms with Crippen molar-refractivity contribution >= 4 is 11.8 Å². The zero-order chi connectivity index (χ0) is 19.8. The Hall–Kier alpha value is -2.84. The van der Waals surface area contributed by atoms with E-state index in [2.05, 4.69) is 5.10 Å². The third kappa shape index (κ3) is 3.25. The fraction of sp³-hybridized carbons (Fsp3) is 0.421. The quantitative estimate of drug-likeness (QED) is 0.737. The van der Waals surface area contributed by atoms with Crippen molar-refractivity contribution in [3.05, 3.63) is 52.6 Å². The molecule has 3 heterocycles. The van der Waals surface area contributed by atoms with Crippen LogP contribution in [0.2, 0.25) is 0 Å². The molecule has 2 aliphatic rings. The highest BCUT2D eigenvalue weighted by molar-refractivity contribution is 5.95. The summed E-state index contributed by atoms with van der Waals surface area (Å²) in [7, 11) is 0. The van der Waals surface area contributed by atoms with Crippen LogP contribution < -0.4 is 0 Å². The Balaban J connectivity index is 1.42. The number of benzene rings is 1. The molecular weight excluding hydrogens is 373 g/mol. The van der Waals surface area contributed by atoms with E-state index < -0.39 is 28.9 Å². The molecule has 0 bridgehead atoms. The first-order chi connectivity index (χ1) is 13.5. The summed E-state index contributed by atoms with van der Waals surface area (Å²) in [6.07, 6.45) is 3.03. The van der Waals surface area contributed by atoms with Crippen LogP contribution in [0.1, 0.15) is 39.4 Å². The van der Waals surface area contributed by atoms with E-state index in [0.717, 1.165) is 43.6 Å². The lowest BCUT2D eigenvalue weighted by Crippen LogP contribution is -2.50. The van der Waals surface area contributed by atoms with E-state index in [4.69, 9.17) is 0 Å². The van der Waals surface area contributed by atoms with E-state index in [1.807, 2.05) is 10.7 Å². The number of aryl methyl sites for hydroxylation is 2. The number of aromatic nitrogens is 2. The summed E-state index contributed by atoms with van der Waals surface area (Å²) in [5, 5.41) is 4.38. The molecule has 0 spiro atoms. The van der Waals surface area contributed by atoms with Gasteiger partial charge >= 0.3 is 0 Å². The van der Waals surface area contributed by atoms with E-state index in [9.17, 15) is 22.8 Å². The van der Waals surface area contributed by atoms with Gasteiger partial charge in [0.05, 0.1) is 5.56 Å². The van der Waals surface area contributed by atoms with Gasteiger partial charge in [0.25, 0.3) is 11.8 Å². The van der Waals surface area contributed by atoms with Gasteiger partial charge in [-0.2, -0.15) is 5.10 Å². The SMILES string of the molecule is O=C(c1cc2n(n1)CCCC2)N1CCN(C(=O)c2ccc(F)c(F)c2F)CC1. The number of carbonyl (C=O) groups is 2. The summed E-state index contributed by atoms with van der Waals surface area (Å²) in [4.78, 5) is 28.1. The van der Waals surface area contributed by atoms with Gasteiger partial charge in [-0.3, -0.25) is 14.3 Å². The molecule has 1 aromatic carbocycles. The smallest absolute Gasteiger partial charge is 0.274 e. The van der Waals surface area contributed by atoms with E-state index in [0.29, 0.717) is 5.69 Å². The lowest BCUT2D eigenvalue weighted by atomic mass is 10.1. The molecule has 1 fully saturated rings. The number of rotatable bonds is 2. The van der Waals surface area contributed by atoms with Crippen molar-refractivity contribution in [2.75, 3.05) is 26.2 Å². The average Bonchev–Trinajstić information content (AvgIpc) is 3.15. The lowest BCUT2D eigenvalue weighted by Gasteiger charge is -2.34. The van der Waals surface area contributed by atoms with E-state index >= 15 is 0 Å². The van der Waals surface area contributed by atoms with Gasteiger partial charge in [0.1, 0.15) is 0 Å². The zero-order valence-electron chi connectivity index (χ0n) is 15.1. The van der Waals surface area contributed by atoms with Gasteiger partial charge in [-0.25, -0.2) is 13.2 Å². The molecule has 1 saturated heterocycles. The number of amides is 2. The maximum atomic E-state index is 13.9. The van der Waals surface area contributed by atoms with Gasteiger partial charge in [-0.1, -0.05) is 0 Å². The van der Waals surface area contributed by atoms with Crippen molar-refractivity contribution in [3.8, 4) is 0 Å². The van der Waals surface area contributed by atoms with E-state index in [1.165, 1.54) is 4.90 Å². The van der Waals surface area contributed by atoms with Crippen LogP contribution in [0.5, 0.6) is 0 Å². The molecule has 4 rings (SSSR count). The fourth-order valence-electron chi connectivity index (χ4n) is 3.66. The predicted molar refractivity (Wildman–Crippen MR) is 93.3 cm³/mol. The first-order valence-electron chi connectivity index (χ1n) is 9.24. The van der Waals surface area contributed by atoms with Crippen molar-refractivity contribution in [3.63, 3.8) is 0 Å². The Morgan fingerprint density at radius 1 is 0.857 bits per heavy atom. The molecule has 2 aliphatic heterocycles.